The summed E-state index contributed by atoms with van der Waals surface area (Å²) in [6, 6.07) is 7.03. The summed E-state index contributed by atoms with van der Waals surface area (Å²) in [6.07, 6.45) is 4.22. The lowest BCUT2D eigenvalue weighted by Crippen LogP contribution is -2.76. The minimum atomic E-state index is 0.0950. The summed E-state index contributed by atoms with van der Waals surface area (Å²) in [5.41, 5.74) is 20.4. The Kier molecular flexibility index (Phi) is 7.92. The van der Waals surface area contributed by atoms with E-state index < -0.39 is 0 Å². The molecule has 2 heterocycles. The number of nitrogens with one attached hydrogen (secondary N) is 1. The monoisotopic (exact) mass is 443 g/mol. The number of phenolic OH excluding ortho intramolecular Hbond substituents is 1. The first-order chi connectivity index (χ1) is 15.3. The molecule has 0 bridgehead atoms. The van der Waals surface area contributed by atoms with Gasteiger partial charge in [-0.1, -0.05) is 25.5 Å². The molecule has 2 saturated heterocycles. The van der Waals surface area contributed by atoms with Crippen molar-refractivity contribution in [1.82, 2.24) is 20.0 Å². The molecule has 8 nitrogen and oxygen atoms in total. The predicted molar refractivity (Wildman–Crippen MR) is 131 cm³/mol. The van der Waals surface area contributed by atoms with E-state index in [0.717, 1.165) is 57.4 Å². The number of rotatable bonds is 9. The Morgan fingerprint density at radius 2 is 1.91 bits per heavy atom. The number of likely N-dealkylation sites (tertiary alicyclic amines) is 1. The fourth-order valence-electron chi connectivity index (χ4n) is 4.96. The van der Waals surface area contributed by atoms with Crippen LogP contribution >= 0.6 is 0 Å². The molecule has 8 heteroatoms. The first-order valence-corrected chi connectivity index (χ1v) is 11.6. The highest BCUT2D eigenvalue weighted by Gasteiger charge is 2.49. The van der Waals surface area contributed by atoms with Crippen LogP contribution in [0.2, 0.25) is 0 Å². The van der Waals surface area contributed by atoms with Gasteiger partial charge in [0.1, 0.15) is 11.6 Å². The van der Waals surface area contributed by atoms with Crippen molar-refractivity contribution in [3.05, 3.63) is 47.4 Å². The van der Waals surface area contributed by atoms with Gasteiger partial charge in [0.05, 0.1) is 11.2 Å². The number of aromatic hydroxyl groups is 1. The number of nitrogens with zero attached hydrogens (tertiary/aromatic N) is 3. The molecule has 1 atom stereocenters. The van der Waals surface area contributed by atoms with Crippen molar-refractivity contribution < 1.29 is 5.11 Å². The Morgan fingerprint density at radius 1 is 1.19 bits per heavy atom. The molecule has 0 radical (unpaired) electrons. The van der Waals surface area contributed by atoms with Crippen molar-refractivity contribution in [2.75, 3.05) is 59.9 Å². The zero-order valence-electron chi connectivity index (χ0n) is 19.8. The average molecular weight is 444 g/mol. The molecule has 2 aliphatic heterocycles. The quantitative estimate of drug-likeness (QED) is 0.354. The van der Waals surface area contributed by atoms with E-state index in [-0.39, 0.29) is 17.1 Å². The lowest BCUT2D eigenvalue weighted by Gasteiger charge is -2.60. The molecule has 1 aromatic carbocycles. The van der Waals surface area contributed by atoms with Crippen LogP contribution in [-0.4, -0.2) is 85.3 Å². The Morgan fingerprint density at radius 3 is 2.53 bits per heavy atom. The predicted octanol–water partition coefficient (Wildman–Crippen LogP) is 0.716. The molecule has 0 saturated carbocycles. The largest absolute Gasteiger partial charge is 0.507 e. The van der Waals surface area contributed by atoms with Gasteiger partial charge < -0.3 is 32.5 Å². The topological polar surface area (TPSA) is 120 Å². The first kappa shape index (κ1) is 24.2. The third kappa shape index (κ3) is 5.31. The number of phenols is 1. The fraction of sp³-hybridized carbons (Fsp3) is 0.583. The zero-order chi connectivity index (χ0) is 23.3. The summed E-state index contributed by atoms with van der Waals surface area (Å²) >= 11 is 0. The van der Waals surface area contributed by atoms with Gasteiger partial charge in [0.15, 0.2) is 0 Å². The van der Waals surface area contributed by atoms with Crippen LogP contribution in [0.3, 0.4) is 0 Å². The molecule has 1 spiro atoms. The maximum absolute atomic E-state index is 10.2. The first-order valence-electron chi connectivity index (χ1n) is 11.6. The van der Waals surface area contributed by atoms with Gasteiger partial charge >= 0.3 is 0 Å². The average Bonchev–Trinajstić information content (AvgIpc) is 2.75. The number of nitrogens with two attached hydrogens (primary N) is 3. The normalized spacial score (nSPS) is 20.2. The molecule has 8 N–H and O–H groups in total. The van der Waals surface area contributed by atoms with Crippen molar-refractivity contribution in [3.8, 4) is 5.75 Å². The Labute approximate surface area is 192 Å². The van der Waals surface area contributed by atoms with E-state index in [2.05, 4.69) is 34.0 Å². The van der Waals surface area contributed by atoms with E-state index in [4.69, 9.17) is 17.2 Å². The fourth-order valence-corrected chi connectivity index (χ4v) is 4.96. The van der Waals surface area contributed by atoms with Crippen LogP contribution < -0.4 is 22.5 Å². The number of benzene rings is 1. The number of allylic oxidation sites excluding steroid dienone is 1. The third-order valence-electron chi connectivity index (χ3n) is 7.08. The molecular formula is C24H41N7O. The van der Waals surface area contributed by atoms with Gasteiger partial charge in [0.2, 0.25) is 0 Å². The van der Waals surface area contributed by atoms with E-state index >= 15 is 0 Å². The second kappa shape index (κ2) is 10.5. The molecule has 2 fully saturated rings. The van der Waals surface area contributed by atoms with Gasteiger partial charge in [-0.2, -0.15) is 0 Å². The molecule has 3 rings (SSSR count). The van der Waals surface area contributed by atoms with E-state index in [9.17, 15) is 5.11 Å². The minimum Gasteiger partial charge on any atom is -0.507 e. The van der Waals surface area contributed by atoms with Crippen molar-refractivity contribution in [2.45, 2.75) is 25.3 Å². The van der Waals surface area contributed by atoms with E-state index in [1.54, 1.807) is 24.3 Å². The highest BCUT2D eigenvalue weighted by molar-refractivity contribution is 5.69. The molecule has 1 aromatic rings. The van der Waals surface area contributed by atoms with Gasteiger partial charge in [-0.3, -0.25) is 9.80 Å². The number of likely N-dealkylation sites (N-methyl/N-ethyl adjacent to an activating group) is 1. The SMILES string of the molecule is CCC(CCNC)CN1CC2(C1)CN(C(/C=C(\N)c1ccccc1O)=C(N)N)CCN2C. The van der Waals surface area contributed by atoms with Gasteiger partial charge in [0, 0.05) is 50.5 Å². The van der Waals surface area contributed by atoms with E-state index in [1.807, 2.05) is 13.1 Å². The van der Waals surface area contributed by atoms with Crippen LogP contribution in [0.15, 0.2) is 41.9 Å². The molecule has 0 aliphatic carbocycles. The lowest BCUT2D eigenvalue weighted by atomic mass is 9.84. The zero-order valence-corrected chi connectivity index (χ0v) is 19.8. The van der Waals surface area contributed by atoms with Crippen LogP contribution in [0.5, 0.6) is 5.75 Å². The van der Waals surface area contributed by atoms with Crippen LogP contribution in [0, 0.1) is 5.92 Å². The highest BCUT2D eigenvalue weighted by atomic mass is 16.3. The lowest BCUT2D eigenvalue weighted by molar-refractivity contribution is -0.0861. The standard InChI is InChI=1S/C24H41N7O/c1-4-18(9-10-28-2)14-30-15-24(16-30)17-31(12-11-29(24)3)21(23(26)27)13-20(25)19-7-5-6-8-22(19)32/h5-8,13,18,28,32H,4,9-12,14-17,25-27H2,1-3H3/b20-13-. The van der Waals surface area contributed by atoms with Crippen LogP contribution in [0.1, 0.15) is 25.3 Å². The highest BCUT2D eigenvalue weighted by Crippen LogP contribution is 2.34. The van der Waals surface area contributed by atoms with Crippen LogP contribution in [-0.2, 0) is 0 Å². The summed E-state index contributed by atoms with van der Waals surface area (Å²) in [7, 11) is 4.24. The Bertz CT molecular complexity index is 827. The van der Waals surface area contributed by atoms with Crippen LogP contribution in [0.25, 0.3) is 5.70 Å². The summed E-state index contributed by atoms with van der Waals surface area (Å²) in [5.74, 6) is 1.11. The molecule has 2 aliphatic rings. The Balaban J connectivity index is 1.70. The molecule has 1 unspecified atom stereocenters. The molecule has 0 aromatic heterocycles. The second-order valence-corrected chi connectivity index (χ2v) is 9.36. The minimum absolute atomic E-state index is 0.0950. The van der Waals surface area contributed by atoms with E-state index in [1.165, 1.54) is 12.8 Å². The van der Waals surface area contributed by atoms with Crippen molar-refractivity contribution in [3.63, 3.8) is 0 Å². The number of hydrogen-bond donors (Lipinski definition) is 5. The molecular weight excluding hydrogens is 402 g/mol. The van der Waals surface area contributed by atoms with Crippen molar-refractivity contribution >= 4 is 5.70 Å². The van der Waals surface area contributed by atoms with Crippen molar-refractivity contribution in [2.24, 2.45) is 23.1 Å². The van der Waals surface area contributed by atoms with Gasteiger partial charge in [-0.25, -0.2) is 0 Å². The maximum atomic E-state index is 10.2. The molecule has 178 valence electrons. The maximum Gasteiger partial charge on any atom is 0.124 e. The molecule has 0 amide bonds. The second-order valence-electron chi connectivity index (χ2n) is 9.36. The molecule has 32 heavy (non-hydrogen) atoms. The number of para-hydroxylation sites is 1. The summed E-state index contributed by atoms with van der Waals surface area (Å²) in [5, 5.41) is 13.4. The summed E-state index contributed by atoms with van der Waals surface area (Å²) in [4.78, 5) is 7.30. The Hall–Kier alpha value is -2.42. The summed E-state index contributed by atoms with van der Waals surface area (Å²) in [6.45, 7) is 9.22. The van der Waals surface area contributed by atoms with Gasteiger partial charge in [-0.15, -0.1) is 0 Å². The van der Waals surface area contributed by atoms with Crippen molar-refractivity contribution in [1.29, 1.82) is 0 Å². The van der Waals surface area contributed by atoms with Gasteiger partial charge in [0.25, 0.3) is 0 Å². The third-order valence-corrected chi connectivity index (χ3v) is 7.08. The van der Waals surface area contributed by atoms with Crippen LogP contribution in [0.4, 0.5) is 0 Å². The summed E-state index contributed by atoms with van der Waals surface area (Å²) < 4.78 is 0. The number of hydrogen-bond acceptors (Lipinski definition) is 8. The van der Waals surface area contributed by atoms with Gasteiger partial charge in [-0.05, 0) is 51.2 Å². The van der Waals surface area contributed by atoms with E-state index in [0.29, 0.717) is 11.3 Å². The smallest absolute Gasteiger partial charge is 0.124 e. The number of piperazine rings is 1.